The number of rotatable bonds is 5. The maximum absolute atomic E-state index is 14.1. The molecule has 152 valence electrons. The van der Waals surface area contributed by atoms with Crippen LogP contribution in [0.2, 0.25) is 0 Å². The Morgan fingerprint density at radius 1 is 1.21 bits per heavy atom. The Labute approximate surface area is 173 Å². The summed E-state index contributed by atoms with van der Waals surface area (Å²) in [6.07, 6.45) is 1.48. The van der Waals surface area contributed by atoms with Gasteiger partial charge in [-0.2, -0.15) is 0 Å². The van der Waals surface area contributed by atoms with Gasteiger partial charge in [-0.15, -0.1) is 11.3 Å². The molecule has 1 aliphatic heterocycles. The minimum atomic E-state index is -0.294. The van der Waals surface area contributed by atoms with Crippen LogP contribution in [-0.4, -0.2) is 37.1 Å². The van der Waals surface area contributed by atoms with Gasteiger partial charge in [-0.05, 0) is 49.2 Å². The SMILES string of the molecule is Cc1sc(NC(=O)c2ccco2)c([C@H](c2cccc(F)c2)N2CCOCC2)c1C. The highest BCUT2D eigenvalue weighted by molar-refractivity contribution is 7.16. The van der Waals surface area contributed by atoms with Crippen molar-refractivity contribution >= 4 is 22.2 Å². The lowest BCUT2D eigenvalue weighted by Crippen LogP contribution is -2.40. The summed E-state index contributed by atoms with van der Waals surface area (Å²) in [5.41, 5.74) is 2.96. The number of hydrogen-bond donors (Lipinski definition) is 1. The number of anilines is 1. The Balaban J connectivity index is 1.78. The van der Waals surface area contributed by atoms with Gasteiger partial charge in [0, 0.05) is 23.5 Å². The molecule has 0 saturated carbocycles. The number of thiophene rings is 1. The van der Waals surface area contributed by atoms with E-state index < -0.39 is 0 Å². The van der Waals surface area contributed by atoms with E-state index in [9.17, 15) is 9.18 Å². The number of nitrogens with one attached hydrogen (secondary N) is 1. The molecular formula is C22H23FN2O3S. The molecule has 5 nitrogen and oxygen atoms in total. The number of aryl methyl sites for hydroxylation is 1. The normalized spacial score (nSPS) is 16.0. The van der Waals surface area contributed by atoms with E-state index in [0.717, 1.165) is 39.7 Å². The molecule has 1 fully saturated rings. The van der Waals surface area contributed by atoms with E-state index in [2.05, 4.69) is 17.1 Å². The van der Waals surface area contributed by atoms with Crippen molar-refractivity contribution in [1.82, 2.24) is 4.90 Å². The smallest absolute Gasteiger partial charge is 0.291 e. The third-order valence-corrected chi connectivity index (χ3v) is 6.39. The highest BCUT2D eigenvalue weighted by atomic mass is 32.1. The third kappa shape index (κ3) is 4.12. The van der Waals surface area contributed by atoms with Crippen molar-refractivity contribution in [2.45, 2.75) is 19.9 Å². The molecule has 0 radical (unpaired) electrons. The van der Waals surface area contributed by atoms with Crippen LogP contribution in [0.25, 0.3) is 0 Å². The van der Waals surface area contributed by atoms with Crippen LogP contribution in [0.5, 0.6) is 0 Å². The van der Waals surface area contributed by atoms with Crippen LogP contribution in [0.3, 0.4) is 0 Å². The van der Waals surface area contributed by atoms with Gasteiger partial charge >= 0.3 is 0 Å². The van der Waals surface area contributed by atoms with Crippen LogP contribution in [0.1, 0.15) is 38.2 Å². The Hall–Kier alpha value is -2.48. The fourth-order valence-electron chi connectivity index (χ4n) is 3.71. The maximum atomic E-state index is 14.1. The molecule has 1 saturated heterocycles. The second-order valence-electron chi connectivity index (χ2n) is 7.06. The largest absolute Gasteiger partial charge is 0.459 e. The number of morpholine rings is 1. The van der Waals surface area contributed by atoms with E-state index >= 15 is 0 Å². The van der Waals surface area contributed by atoms with Crippen molar-refractivity contribution in [2.24, 2.45) is 0 Å². The van der Waals surface area contributed by atoms with E-state index in [-0.39, 0.29) is 23.5 Å². The molecule has 0 aliphatic carbocycles. The van der Waals surface area contributed by atoms with Crippen LogP contribution < -0.4 is 5.32 Å². The predicted molar refractivity (Wildman–Crippen MR) is 111 cm³/mol. The molecule has 1 atom stereocenters. The average Bonchev–Trinajstić information content (AvgIpc) is 3.34. The predicted octanol–water partition coefficient (Wildman–Crippen LogP) is 4.77. The summed E-state index contributed by atoms with van der Waals surface area (Å²) in [6, 6.07) is 9.84. The number of amides is 1. The zero-order chi connectivity index (χ0) is 20.4. The first-order valence-corrected chi connectivity index (χ1v) is 10.4. The zero-order valence-corrected chi connectivity index (χ0v) is 17.2. The molecular weight excluding hydrogens is 391 g/mol. The molecule has 3 heterocycles. The van der Waals surface area contributed by atoms with Crippen molar-refractivity contribution in [3.8, 4) is 0 Å². The lowest BCUT2D eigenvalue weighted by Gasteiger charge is -2.35. The second-order valence-corrected chi connectivity index (χ2v) is 8.29. The van der Waals surface area contributed by atoms with Crippen molar-refractivity contribution < 1.29 is 18.3 Å². The summed E-state index contributed by atoms with van der Waals surface area (Å²) in [5.74, 6) is -0.308. The molecule has 1 N–H and O–H groups in total. The van der Waals surface area contributed by atoms with Gasteiger partial charge < -0.3 is 14.5 Å². The molecule has 4 rings (SSSR count). The minimum Gasteiger partial charge on any atom is -0.459 e. The van der Waals surface area contributed by atoms with E-state index in [4.69, 9.17) is 9.15 Å². The molecule has 0 bridgehead atoms. The third-order valence-electron chi connectivity index (χ3n) is 5.25. The summed E-state index contributed by atoms with van der Waals surface area (Å²) >= 11 is 1.53. The summed E-state index contributed by atoms with van der Waals surface area (Å²) in [7, 11) is 0. The molecule has 2 aromatic heterocycles. The molecule has 1 amide bonds. The monoisotopic (exact) mass is 414 g/mol. The number of ether oxygens (including phenoxy) is 1. The molecule has 0 spiro atoms. The first-order valence-electron chi connectivity index (χ1n) is 9.56. The number of nitrogens with zero attached hydrogens (tertiary/aromatic N) is 1. The quantitative estimate of drug-likeness (QED) is 0.653. The van der Waals surface area contributed by atoms with Gasteiger partial charge in [-0.3, -0.25) is 9.69 Å². The summed E-state index contributed by atoms with van der Waals surface area (Å²) < 4.78 is 24.9. The fraction of sp³-hybridized carbons (Fsp3) is 0.318. The van der Waals surface area contributed by atoms with Crippen molar-refractivity contribution in [3.63, 3.8) is 0 Å². The Bertz CT molecular complexity index is 994. The summed E-state index contributed by atoms with van der Waals surface area (Å²) in [5, 5.41) is 3.78. The Morgan fingerprint density at radius 2 is 2.00 bits per heavy atom. The maximum Gasteiger partial charge on any atom is 0.291 e. The molecule has 0 unspecified atom stereocenters. The Kier molecular flexibility index (Phi) is 5.80. The number of benzene rings is 1. The van der Waals surface area contributed by atoms with Gasteiger partial charge in [0.05, 0.1) is 25.5 Å². The highest BCUT2D eigenvalue weighted by Crippen LogP contribution is 2.42. The fourth-order valence-corrected chi connectivity index (χ4v) is 4.80. The van der Waals surface area contributed by atoms with Gasteiger partial charge in [-0.25, -0.2) is 4.39 Å². The van der Waals surface area contributed by atoms with Crippen LogP contribution in [0, 0.1) is 19.7 Å². The lowest BCUT2D eigenvalue weighted by molar-refractivity contribution is 0.0240. The van der Waals surface area contributed by atoms with Crippen molar-refractivity contribution in [2.75, 3.05) is 31.6 Å². The van der Waals surface area contributed by atoms with E-state index in [1.165, 1.54) is 23.7 Å². The van der Waals surface area contributed by atoms with E-state index in [1.54, 1.807) is 24.3 Å². The summed E-state index contributed by atoms with van der Waals surface area (Å²) in [6.45, 7) is 6.82. The van der Waals surface area contributed by atoms with Crippen LogP contribution >= 0.6 is 11.3 Å². The van der Waals surface area contributed by atoms with Gasteiger partial charge in [0.2, 0.25) is 0 Å². The molecule has 3 aromatic rings. The highest BCUT2D eigenvalue weighted by Gasteiger charge is 2.31. The van der Waals surface area contributed by atoms with Crippen LogP contribution in [0.15, 0.2) is 47.1 Å². The number of carbonyl (C=O) groups is 1. The standard InChI is InChI=1S/C22H23FN2O3S/c1-14-15(2)29-22(24-21(26)18-7-4-10-28-18)19(14)20(25-8-11-27-12-9-25)16-5-3-6-17(23)13-16/h3-7,10,13,20H,8-9,11-12H2,1-2H3,(H,24,26)/t20-/m0/s1. The van der Waals surface area contributed by atoms with E-state index in [1.807, 2.05) is 13.0 Å². The molecule has 7 heteroatoms. The van der Waals surface area contributed by atoms with Gasteiger partial charge in [-0.1, -0.05) is 12.1 Å². The van der Waals surface area contributed by atoms with Gasteiger partial charge in [0.25, 0.3) is 5.91 Å². The second kappa shape index (κ2) is 8.49. The average molecular weight is 415 g/mol. The number of furan rings is 1. The number of hydrogen-bond acceptors (Lipinski definition) is 5. The molecule has 1 aromatic carbocycles. The Morgan fingerprint density at radius 3 is 2.69 bits per heavy atom. The van der Waals surface area contributed by atoms with Crippen molar-refractivity contribution in [1.29, 1.82) is 0 Å². The van der Waals surface area contributed by atoms with Crippen LogP contribution in [0.4, 0.5) is 9.39 Å². The first-order chi connectivity index (χ1) is 14.0. The van der Waals surface area contributed by atoms with Gasteiger partial charge in [0.15, 0.2) is 5.76 Å². The topological polar surface area (TPSA) is 54.7 Å². The molecule has 1 aliphatic rings. The number of halogens is 1. The first kappa shape index (κ1) is 19.8. The molecule has 29 heavy (non-hydrogen) atoms. The van der Waals surface area contributed by atoms with Gasteiger partial charge in [0.1, 0.15) is 10.8 Å². The zero-order valence-electron chi connectivity index (χ0n) is 16.4. The summed E-state index contributed by atoms with van der Waals surface area (Å²) in [4.78, 5) is 16.0. The van der Waals surface area contributed by atoms with Crippen LogP contribution in [-0.2, 0) is 4.74 Å². The van der Waals surface area contributed by atoms with Crippen molar-refractivity contribution in [3.05, 3.63) is 75.8 Å². The minimum absolute atomic E-state index is 0.175. The number of carbonyl (C=O) groups excluding carboxylic acids is 1. The van der Waals surface area contributed by atoms with E-state index in [0.29, 0.717) is 13.2 Å². The lowest BCUT2D eigenvalue weighted by atomic mass is 9.94.